The Labute approximate surface area is 119 Å². The molecule has 0 fully saturated rings. The van der Waals surface area contributed by atoms with Crippen LogP contribution in [0.5, 0.6) is 5.75 Å². The van der Waals surface area contributed by atoms with Crippen LogP contribution in [0.15, 0.2) is 61.6 Å². The third kappa shape index (κ3) is 2.21. The highest BCUT2D eigenvalue weighted by Gasteiger charge is 2.19. The number of methoxy groups -OCH3 is 1. The summed E-state index contributed by atoms with van der Waals surface area (Å²) in [6.07, 6.45) is 0. The van der Waals surface area contributed by atoms with E-state index in [-0.39, 0.29) is 15.2 Å². The lowest BCUT2D eigenvalue weighted by molar-refractivity contribution is 0.414. The van der Waals surface area contributed by atoms with Gasteiger partial charge in [0, 0.05) is 0 Å². The maximum Gasteiger partial charge on any atom is 0.287 e. The van der Waals surface area contributed by atoms with Crippen LogP contribution in [0.2, 0.25) is 0 Å². The second-order valence-electron chi connectivity index (χ2n) is 4.37. The maximum absolute atomic E-state index is 12.5. The van der Waals surface area contributed by atoms with Crippen molar-refractivity contribution < 1.29 is 17.7 Å². The van der Waals surface area contributed by atoms with Gasteiger partial charge in [-0.15, -0.1) is 0 Å². The van der Waals surface area contributed by atoms with Gasteiger partial charge in [0.25, 0.3) is 5.56 Å². The number of H-pyrrole nitrogens is 1. The van der Waals surface area contributed by atoms with Gasteiger partial charge in [0.05, 0.1) is 22.3 Å². The first kappa shape index (κ1) is 13.4. The molecule has 6 nitrogen and oxygen atoms in total. The molecule has 0 spiro atoms. The first-order valence-electron chi connectivity index (χ1n) is 6.03. The van der Waals surface area contributed by atoms with Crippen molar-refractivity contribution in [1.82, 2.24) is 5.16 Å². The van der Waals surface area contributed by atoms with E-state index < -0.39 is 15.4 Å². The minimum absolute atomic E-state index is 0.0343. The Morgan fingerprint density at radius 1 is 1.05 bits per heavy atom. The van der Waals surface area contributed by atoms with Crippen molar-refractivity contribution in [2.75, 3.05) is 7.11 Å². The monoisotopic (exact) mass is 305 g/mol. The normalized spacial score (nSPS) is 11.7. The number of sulfone groups is 1. The number of rotatable bonds is 3. The van der Waals surface area contributed by atoms with Crippen LogP contribution in [0.1, 0.15) is 0 Å². The first-order valence-corrected chi connectivity index (χ1v) is 7.51. The molecule has 21 heavy (non-hydrogen) atoms. The van der Waals surface area contributed by atoms with Crippen LogP contribution in [0.3, 0.4) is 0 Å². The fourth-order valence-corrected chi connectivity index (χ4v) is 3.28. The standard InChI is InChI=1S/C14H11NO5S/c1-19-9-2-4-10(5-3-9)21(17,18)11-6-7-13-12(8-11)14(16)15-20-13/h2-8H,1H3,(H,15,16). The molecule has 0 aliphatic heterocycles. The summed E-state index contributed by atoms with van der Waals surface area (Å²) in [5.74, 6) is 0.565. The van der Waals surface area contributed by atoms with Gasteiger partial charge in [-0.3, -0.25) is 4.79 Å². The summed E-state index contributed by atoms with van der Waals surface area (Å²) in [4.78, 5) is 11.7. The van der Waals surface area contributed by atoms with Crippen molar-refractivity contribution in [1.29, 1.82) is 0 Å². The van der Waals surface area contributed by atoms with Gasteiger partial charge in [-0.05, 0) is 42.5 Å². The molecule has 3 aromatic rings. The maximum atomic E-state index is 12.5. The summed E-state index contributed by atoms with van der Waals surface area (Å²) in [5, 5.41) is 2.37. The van der Waals surface area contributed by atoms with Crippen LogP contribution in [0.4, 0.5) is 0 Å². The fraction of sp³-hybridized carbons (Fsp3) is 0.0714. The Morgan fingerprint density at radius 2 is 1.71 bits per heavy atom. The van der Waals surface area contributed by atoms with E-state index in [0.717, 1.165) is 0 Å². The van der Waals surface area contributed by atoms with E-state index in [0.29, 0.717) is 11.3 Å². The van der Waals surface area contributed by atoms with Crippen LogP contribution in [-0.4, -0.2) is 20.7 Å². The average molecular weight is 305 g/mol. The predicted molar refractivity (Wildman–Crippen MR) is 75.3 cm³/mol. The molecule has 7 heteroatoms. The number of fused-ring (bicyclic) bond motifs is 1. The molecule has 0 bridgehead atoms. The summed E-state index contributed by atoms with van der Waals surface area (Å²) in [6, 6.07) is 10.2. The number of aromatic amines is 1. The predicted octanol–water partition coefficient (Wildman–Crippen LogP) is 1.96. The van der Waals surface area contributed by atoms with Gasteiger partial charge in [0.2, 0.25) is 9.84 Å². The zero-order valence-electron chi connectivity index (χ0n) is 11.0. The molecule has 0 atom stereocenters. The minimum Gasteiger partial charge on any atom is -0.497 e. The van der Waals surface area contributed by atoms with Gasteiger partial charge < -0.3 is 9.26 Å². The van der Waals surface area contributed by atoms with E-state index in [2.05, 4.69) is 5.16 Å². The highest BCUT2D eigenvalue weighted by Crippen LogP contribution is 2.25. The molecular formula is C14H11NO5S. The molecule has 1 N–H and O–H groups in total. The summed E-state index contributed by atoms with van der Waals surface area (Å²) >= 11 is 0. The highest BCUT2D eigenvalue weighted by molar-refractivity contribution is 7.91. The Balaban J connectivity index is 2.14. The summed E-state index contributed by atoms with van der Waals surface area (Å²) < 4.78 is 35.0. The molecule has 0 amide bonds. The number of nitrogens with one attached hydrogen (secondary N) is 1. The second-order valence-corrected chi connectivity index (χ2v) is 6.32. The number of ether oxygens (including phenoxy) is 1. The van der Waals surface area contributed by atoms with Crippen molar-refractivity contribution in [3.63, 3.8) is 0 Å². The SMILES string of the molecule is COc1ccc(S(=O)(=O)c2ccc3o[nH]c(=O)c3c2)cc1. The van der Waals surface area contributed by atoms with Gasteiger partial charge in [0.15, 0.2) is 5.58 Å². The second kappa shape index (κ2) is 4.78. The third-order valence-corrected chi connectivity index (χ3v) is 4.90. The van der Waals surface area contributed by atoms with Crippen molar-refractivity contribution in [3.05, 3.63) is 52.8 Å². The van der Waals surface area contributed by atoms with Gasteiger partial charge in [0.1, 0.15) is 5.75 Å². The van der Waals surface area contributed by atoms with Crippen LogP contribution < -0.4 is 10.3 Å². The lowest BCUT2D eigenvalue weighted by atomic mass is 10.3. The molecule has 0 aliphatic rings. The highest BCUT2D eigenvalue weighted by atomic mass is 32.2. The van der Waals surface area contributed by atoms with Crippen molar-refractivity contribution in [3.8, 4) is 5.75 Å². The Morgan fingerprint density at radius 3 is 2.38 bits per heavy atom. The Hall–Kier alpha value is -2.54. The van der Waals surface area contributed by atoms with Crippen molar-refractivity contribution >= 4 is 20.8 Å². The molecule has 0 aliphatic carbocycles. The average Bonchev–Trinajstić information content (AvgIpc) is 2.88. The van der Waals surface area contributed by atoms with Gasteiger partial charge in [-0.1, -0.05) is 0 Å². The number of hydrogen-bond acceptors (Lipinski definition) is 5. The van der Waals surface area contributed by atoms with Crippen molar-refractivity contribution in [2.24, 2.45) is 0 Å². The van der Waals surface area contributed by atoms with E-state index in [1.807, 2.05) is 0 Å². The van der Waals surface area contributed by atoms with E-state index in [9.17, 15) is 13.2 Å². The van der Waals surface area contributed by atoms with Gasteiger partial charge in [-0.2, -0.15) is 5.16 Å². The molecule has 0 saturated carbocycles. The van der Waals surface area contributed by atoms with Crippen molar-refractivity contribution in [2.45, 2.75) is 9.79 Å². The Kier molecular flexibility index (Phi) is 3.06. The van der Waals surface area contributed by atoms with E-state index >= 15 is 0 Å². The molecular weight excluding hydrogens is 294 g/mol. The summed E-state index contributed by atoms with van der Waals surface area (Å²) in [7, 11) is -2.20. The molecule has 1 aromatic heterocycles. The largest absolute Gasteiger partial charge is 0.497 e. The topological polar surface area (TPSA) is 89.4 Å². The quantitative estimate of drug-likeness (QED) is 0.799. The summed E-state index contributed by atoms with van der Waals surface area (Å²) in [5.41, 5.74) is -0.148. The van der Waals surface area contributed by atoms with E-state index in [4.69, 9.17) is 9.26 Å². The molecule has 1 heterocycles. The molecule has 2 aromatic carbocycles. The third-order valence-electron chi connectivity index (χ3n) is 3.13. The zero-order chi connectivity index (χ0) is 15.0. The molecule has 0 saturated heterocycles. The van der Waals surface area contributed by atoms with Crippen LogP contribution in [0.25, 0.3) is 11.0 Å². The zero-order valence-corrected chi connectivity index (χ0v) is 11.8. The number of aromatic nitrogens is 1. The van der Waals surface area contributed by atoms with Gasteiger partial charge in [-0.25, -0.2) is 8.42 Å². The van der Waals surface area contributed by atoms with Crippen LogP contribution >= 0.6 is 0 Å². The smallest absolute Gasteiger partial charge is 0.287 e. The first-order chi connectivity index (χ1) is 10.0. The lowest BCUT2D eigenvalue weighted by Crippen LogP contribution is -2.03. The van der Waals surface area contributed by atoms with E-state index in [1.54, 1.807) is 12.1 Å². The van der Waals surface area contributed by atoms with Crippen LogP contribution in [-0.2, 0) is 9.84 Å². The number of hydrogen-bond donors (Lipinski definition) is 1. The minimum atomic E-state index is -3.70. The van der Waals surface area contributed by atoms with Crippen LogP contribution in [0, 0.1) is 0 Å². The molecule has 0 radical (unpaired) electrons. The number of benzene rings is 2. The lowest BCUT2D eigenvalue weighted by Gasteiger charge is -2.05. The van der Waals surface area contributed by atoms with Gasteiger partial charge >= 0.3 is 0 Å². The molecule has 3 rings (SSSR count). The summed E-state index contributed by atoms with van der Waals surface area (Å²) in [6.45, 7) is 0. The Bertz CT molecular complexity index is 951. The fourth-order valence-electron chi connectivity index (χ4n) is 1.99. The molecule has 0 unspecified atom stereocenters. The van der Waals surface area contributed by atoms with E-state index in [1.165, 1.54) is 37.4 Å². The molecule has 108 valence electrons.